The van der Waals surface area contributed by atoms with Crippen LogP contribution in [-0.2, 0) is 23.7 Å². The predicted octanol–water partition coefficient (Wildman–Crippen LogP) is 6.94. The number of rotatable bonds is 3. The van der Waals surface area contributed by atoms with Gasteiger partial charge in [-0.2, -0.15) is 26.3 Å². The van der Waals surface area contributed by atoms with E-state index in [4.69, 9.17) is 4.74 Å². The maximum absolute atomic E-state index is 12.9. The number of fused-ring (bicyclic) bond motifs is 1. The van der Waals surface area contributed by atoms with Gasteiger partial charge in [-0.05, 0) is 61.2 Å². The standard InChI is InChI=1S/C18H21F6NO.C6H5F/c1-11-15-4-2-3-5-25(15)9-16(11)26-10-12-6-13(17(19,20)21)8-14(7-12)18(22,23)24;7-6-4-2-1-3-5-6/h6-8,11,15-16H,2-5,9-10H2,1H3;1-5H. The van der Waals surface area contributed by atoms with E-state index in [0.717, 1.165) is 37.9 Å². The van der Waals surface area contributed by atoms with Crippen molar-refractivity contribution >= 4 is 0 Å². The Morgan fingerprint density at radius 2 is 1.52 bits per heavy atom. The van der Waals surface area contributed by atoms with Crippen LogP contribution < -0.4 is 0 Å². The van der Waals surface area contributed by atoms with Crippen LogP contribution in [0.15, 0.2) is 48.5 Å². The van der Waals surface area contributed by atoms with Gasteiger partial charge in [0.2, 0.25) is 0 Å². The van der Waals surface area contributed by atoms with E-state index in [1.54, 1.807) is 18.2 Å². The third-order valence-corrected chi connectivity index (χ3v) is 6.12. The van der Waals surface area contributed by atoms with Crippen molar-refractivity contribution in [3.63, 3.8) is 0 Å². The number of benzene rings is 2. The summed E-state index contributed by atoms with van der Waals surface area (Å²) in [5.41, 5.74) is -2.71. The Morgan fingerprint density at radius 1 is 0.909 bits per heavy atom. The fraction of sp³-hybridized carbons (Fsp3) is 0.500. The number of alkyl halides is 6. The lowest BCUT2D eigenvalue weighted by Gasteiger charge is -2.30. The molecule has 4 rings (SSSR count). The molecule has 33 heavy (non-hydrogen) atoms. The second kappa shape index (κ2) is 10.4. The first-order valence-electron chi connectivity index (χ1n) is 10.8. The summed E-state index contributed by atoms with van der Waals surface area (Å²) in [6, 6.07) is 9.95. The third-order valence-electron chi connectivity index (χ3n) is 6.12. The fourth-order valence-electron chi connectivity index (χ4n) is 4.41. The zero-order chi connectivity index (χ0) is 24.2. The van der Waals surface area contributed by atoms with Crippen LogP contribution in [0.1, 0.15) is 42.9 Å². The van der Waals surface area contributed by atoms with Crippen molar-refractivity contribution in [3.8, 4) is 0 Å². The van der Waals surface area contributed by atoms with Gasteiger partial charge in [-0.3, -0.25) is 4.90 Å². The maximum Gasteiger partial charge on any atom is 0.416 e. The van der Waals surface area contributed by atoms with E-state index in [9.17, 15) is 30.7 Å². The topological polar surface area (TPSA) is 12.5 Å². The first-order valence-corrected chi connectivity index (χ1v) is 10.8. The summed E-state index contributed by atoms with van der Waals surface area (Å²) < 4.78 is 95.2. The number of nitrogens with zero attached hydrogens (tertiary/aromatic N) is 1. The van der Waals surface area contributed by atoms with E-state index in [1.807, 2.05) is 6.92 Å². The van der Waals surface area contributed by atoms with Crippen LogP contribution in [0.4, 0.5) is 30.7 Å². The van der Waals surface area contributed by atoms with Crippen LogP contribution in [0.2, 0.25) is 0 Å². The van der Waals surface area contributed by atoms with Gasteiger partial charge < -0.3 is 4.74 Å². The smallest absolute Gasteiger partial charge is 0.372 e. The van der Waals surface area contributed by atoms with Crippen molar-refractivity contribution in [1.29, 1.82) is 0 Å². The predicted molar refractivity (Wildman–Crippen MR) is 110 cm³/mol. The molecule has 2 aliphatic heterocycles. The van der Waals surface area contributed by atoms with Gasteiger partial charge in [-0.15, -0.1) is 0 Å². The zero-order valence-electron chi connectivity index (χ0n) is 18.1. The normalized spacial score (nSPS) is 23.6. The molecule has 2 aromatic rings. The molecule has 0 bridgehead atoms. The monoisotopic (exact) mass is 477 g/mol. The van der Waals surface area contributed by atoms with Crippen molar-refractivity contribution in [2.75, 3.05) is 13.1 Å². The maximum atomic E-state index is 12.9. The molecule has 2 aliphatic rings. The molecule has 182 valence electrons. The van der Waals surface area contributed by atoms with Crippen molar-refractivity contribution in [1.82, 2.24) is 4.90 Å². The second-order valence-corrected chi connectivity index (χ2v) is 8.48. The summed E-state index contributed by atoms with van der Waals surface area (Å²) in [4.78, 5) is 2.31. The van der Waals surface area contributed by atoms with Crippen LogP contribution in [0.3, 0.4) is 0 Å². The van der Waals surface area contributed by atoms with E-state index in [2.05, 4.69) is 4.90 Å². The molecule has 3 unspecified atom stereocenters. The Kier molecular flexibility index (Phi) is 8.05. The van der Waals surface area contributed by atoms with Gasteiger partial charge in [0, 0.05) is 12.6 Å². The summed E-state index contributed by atoms with van der Waals surface area (Å²) in [7, 11) is 0. The van der Waals surface area contributed by atoms with Crippen molar-refractivity contribution in [2.24, 2.45) is 5.92 Å². The van der Waals surface area contributed by atoms with Crippen molar-refractivity contribution in [3.05, 3.63) is 71.0 Å². The molecule has 0 saturated carbocycles. The molecule has 0 amide bonds. The molecule has 9 heteroatoms. The highest BCUT2D eigenvalue weighted by Gasteiger charge is 2.41. The van der Waals surface area contributed by atoms with Crippen LogP contribution in [-0.4, -0.2) is 30.1 Å². The average Bonchev–Trinajstić information content (AvgIpc) is 3.08. The minimum Gasteiger partial charge on any atom is -0.372 e. The molecule has 2 fully saturated rings. The zero-order valence-corrected chi connectivity index (χ0v) is 18.1. The fourth-order valence-corrected chi connectivity index (χ4v) is 4.41. The van der Waals surface area contributed by atoms with Gasteiger partial charge in [0.15, 0.2) is 0 Å². The summed E-state index contributed by atoms with van der Waals surface area (Å²) in [5.74, 6) is 0.0330. The molecule has 2 heterocycles. The van der Waals surface area contributed by atoms with Gasteiger partial charge >= 0.3 is 12.4 Å². The molecule has 2 aromatic carbocycles. The number of halogens is 7. The molecule has 0 N–H and O–H groups in total. The largest absolute Gasteiger partial charge is 0.416 e. The summed E-state index contributed by atoms with van der Waals surface area (Å²) >= 11 is 0. The lowest BCUT2D eigenvalue weighted by Crippen LogP contribution is -2.36. The Hall–Kier alpha value is -2.13. The quantitative estimate of drug-likeness (QED) is 0.444. The lowest BCUT2D eigenvalue weighted by atomic mass is 9.93. The Labute approximate surface area is 188 Å². The van der Waals surface area contributed by atoms with Crippen LogP contribution in [0.25, 0.3) is 0 Å². The molecule has 3 atom stereocenters. The van der Waals surface area contributed by atoms with Crippen LogP contribution >= 0.6 is 0 Å². The number of hydrogen-bond acceptors (Lipinski definition) is 2. The molecule has 2 saturated heterocycles. The van der Waals surface area contributed by atoms with E-state index in [-0.39, 0.29) is 36.1 Å². The van der Waals surface area contributed by atoms with Crippen molar-refractivity contribution < 1.29 is 35.5 Å². The molecule has 2 nitrogen and oxygen atoms in total. The highest BCUT2D eigenvalue weighted by Crippen LogP contribution is 2.37. The van der Waals surface area contributed by atoms with Crippen LogP contribution in [0, 0.1) is 11.7 Å². The minimum absolute atomic E-state index is 0.107. The number of piperidine rings is 1. The average molecular weight is 477 g/mol. The SMILES string of the molecule is CC1C(OCc2cc(C(F)(F)F)cc(C(F)(F)F)c2)CN2CCCCC12.Fc1ccccc1. The van der Waals surface area contributed by atoms with E-state index in [1.165, 1.54) is 12.1 Å². The lowest BCUT2D eigenvalue weighted by molar-refractivity contribution is -0.143. The van der Waals surface area contributed by atoms with E-state index in [0.29, 0.717) is 12.6 Å². The van der Waals surface area contributed by atoms with Gasteiger partial charge in [-0.25, -0.2) is 4.39 Å². The molecular weight excluding hydrogens is 451 g/mol. The first kappa shape index (κ1) is 25.5. The minimum atomic E-state index is -4.84. The van der Waals surface area contributed by atoms with E-state index < -0.39 is 23.5 Å². The number of ether oxygens (including phenoxy) is 1. The third kappa shape index (κ3) is 6.93. The molecule has 0 radical (unpaired) electrons. The van der Waals surface area contributed by atoms with Crippen LogP contribution in [0.5, 0.6) is 0 Å². The first-order chi connectivity index (χ1) is 15.4. The highest BCUT2D eigenvalue weighted by molar-refractivity contribution is 5.33. The Bertz CT molecular complexity index is 866. The van der Waals surface area contributed by atoms with Gasteiger partial charge in [0.1, 0.15) is 5.82 Å². The summed E-state index contributed by atoms with van der Waals surface area (Å²) in [5, 5.41) is 0. The van der Waals surface area contributed by atoms with Gasteiger partial charge in [-0.1, -0.05) is 31.5 Å². The molecule has 0 spiro atoms. The summed E-state index contributed by atoms with van der Waals surface area (Å²) in [6.45, 7) is 3.42. The Morgan fingerprint density at radius 3 is 2.00 bits per heavy atom. The molecular formula is C24H26F7NO. The highest BCUT2D eigenvalue weighted by atomic mass is 19.4. The summed E-state index contributed by atoms with van der Waals surface area (Å²) in [6.07, 6.45) is -6.54. The molecule has 0 aromatic heterocycles. The van der Waals surface area contributed by atoms with Gasteiger partial charge in [0.25, 0.3) is 0 Å². The van der Waals surface area contributed by atoms with Gasteiger partial charge in [0.05, 0.1) is 23.8 Å². The Balaban J connectivity index is 0.000000374. The van der Waals surface area contributed by atoms with Crippen molar-refractivity contribution in [2.45, 2.75) is 57.3 Å². The molecule has 0 aliphatic carbocycles. The van der Waals surface area contributed by atoms with E-state index >= 15 is 0 Å². The second-order valence-electron chi connectivity index (χ2n) is 8.48. The number of hydrogen-bond donors (Lipinski definition) is 0.